The summed E-state index contributed by atoms with van der Waals surface area (Å²) >= 11 is 4.24. The monoisotopic (exact) mass is 1550 g/mol. The van der Waals surface area contributed by atoms with Gasteiger partial charge in [0.15, 0.2) is 11.6 Å². The van der Waals surface area contributed by atoms with E-state index in [0.29, 0.717) is 66.5 Å². The smallest absolute Gasteiger partial charge is 0.387 e. The zero-order valence-corrected chi connectivity index (χ0v) is 56.0. The number of aliphatic carboxylic acids is 1. The Kier molecular flexibility index (Phi) is 28.5. The summed E-state index contributed by atoms with van der Waals surface area (Å²) < 4.78 is 135. The lowest BCUT2D eigenvalue weighted by Crippen LogP contribution is -2.45. The first-order valence-corrected chi connectivity index (χ1v) is 35.8. The molecule has 2 fully saturated rings. The van der Waals surface area contributed by atoms with Crippen molar-refractivity contribution in [1.29, 1.82) is 0 Å². The Balaban J connectivity index is 0.000000213. The van der Waals surface area contributed by atoms with Crippen LogP contribution in [0.3, 0.4) is 0 Å². The molecular formula is C67H69F8I2N9O9. The highest BCUT2D eigenvalue weighted by molar-refractivity contribution is 15.0. The van der Waals surface area contributed by atoms with E-state index in [1.165, 1.54) is 36.4 Å². The van der Waals surface area contributed by atoms with E-state index in [-0.39, 0.29) is 62.8 Å². The van der Waals surface area contributed by atoms with Gasteiger partial charge in [0.25, 0.3) is 0 Å². The molecule has 4 heterocycles. The average Bonchev–Trinajstić information content (AvgIpc) is 0.834. The standard InChI is InChI=1S/C29H33F3N4O4.C25H25F3N4O4.C13H11F2NO.I2/c1-28(2,3)40-26(37)19-38-20-29(32)12-14-35(15-13-29)24-17-33-18-25(34-24)36(21-8-5-4-6-9-21)22-10-7-11-23(16-22)39-27(30)31;26-24(27)36-20-8-4-7-19(13-20)32(18-5-2-1-3-6-18)22-15-29-14-21(30-22)31-11-9-25(28,10-12-31)17-35-16-23(33)34;14-13(15)17-12-8-4-7-11(9-12)16-10-5-2-1-3-6-10;1-2/h4-11,16-18,27H,12-15,19-20H2,1-3H3;1-8,13-15,24H,9-12,16-17H2,(H,33,34);1-9,13,16H;. The van der Waals surface area contributed by atoms with Gasteiger partial charge in [-0.3, -0.25) is 19.8 Å². The SMILES string of the molecule is CC(C)(C)OC(=O)COCC1(F)CCN(c2cncc(N(c3ccccc3)c3cccc(OC(F)F)c3)n2)CC1.FC(F)Oc1cccc(Nc2ccccc2)c1.II.O=C(O)COCC1(F)CCN(c2cncc(N(c3ccccc3)c3cccc(OC(F)F)c3)n2)CC1. The number of carboxylic acids is 1. The number of hydrogen-bond donors (Lipinski definition) is 2. The highest BCUT2D eigenvalue weighted by Crippen LogP contribution is 2.39. The molecule has 506 valence electrons. The van der Waals surface area contributed by atoms with Crippen LogP contribution in [0.5, 0.6) is 17.2 Å². The lowest BCUT2D eigenvalue weighted by atomic mass is 9.94. The van der Waals surface area contributed by atoms with Crippen LogP contribution >= 0.6 is 37.2 Å². The molecule has 0 bridgehead atoms. The number of esters is 1. The highest BCUT2D eigenvalue weighted by Gasteiger charge is 2.37. The van der Waals surface area contributed by atoms with Crippen LogP contribution in [0.2, 0.25) is 0 Å². The predicted molar refractivity (Wildman–Crippen MR) is 363 cm³/mol. The maximum Gasteiger partial charge on any atom is 0.387 e. The van der Waals surface area contributed by atoms with Crippen LogP contribution in [0.25, 0.3) is 0 Å². The Morgan fingerprint density at radius 1 is 0.526 bits per heavy atom. The summed E-state index contributed by atoms with van der Waals surface area (Å²) in [6.45, 7) is -3.35. The van der Waals surface area contributed by atoms with Gasteiger partial charge in [-0.25, -0.2) is 28.3 Å². The molecule has 0 radical (unpaired) electrons. The topological polar surface area (TPSA) is 186 Å². The number of carboxylic acid groups (broad SMARTS) is 1. The Labute approximate surface area is 567 Å². The molecule has 8 aromatic rings. The van der Waals surface area contributed by atoms with Crippen LogP contribution in [0, 0.1) is 0 Å². The fourth-order valence-corrected chi connectivity index (χ4v) is 9.80. The maximum atomic E-state index is 15.4. The van der Waals surface area contributed by atoms with Gasteiger partial charge in [0, 0.05) is 130 Å². The van der Waals surface area contributed by atoms with Crippen molar-refractivity contribution < 1.29 is 78.2 Å². The second kappa shape index (κ2) is 36.5. The molecule has 0 spiro atoms. The number of alkyl halides is 8. The predicted octanol–water partition coefficient (Wildman–Crippen LogP) is 17.0. The van der Waals surface area contributed by atoms with Gasteiger partial charge >= 0.3 is 31.8 Å². The van der Waals surface area contributed by atoms with Crippen molar-refractivity contribution in [1.82, 2.24) is 19.9 Å². The molecule has 28 heteroatoms. The second-order valence-electron chi connectivity index (χ2n) is 22.2. The number of halogens is 10. The fourth-order valence-electron chi connectivity index (χ4n) is 9.80. The third kappa shape index (κ3) is 24.4. The fraction of sp³-hybridized carbons (Fsp3) is 0.313. The summed E-state index contributed by atoms with van der Waals surface area (Å²) in [5.41, 5.74) is 0.344. The van der Waals surface area contributed by atoms with E-state index in [1.807, 2.05) is 101 Å². The first-order chi connectivity index (χ1) is 45.6. The molecule has 18 nitrogen and oxygen atoms in total. The maximum absolute atomic E-state index is 15.4. The first-order valence-electron chi connectivity index (χ1n) is 29.5. The molecule has 2 saturated heterocycles. The van der Waals surface area contributed by atoms with E-state index in [4.69, 9.17) is 29.3 Å². The number of hydrogen-bond acceptors (Lipinski definition) is 17. The molecule has 2 aliphatic heterocycles. The average molecular weight is 1550 g/mol. The van der Waals surface area contributed by atoms with E-state index in [0.717, 1.165) is 17.1 Å². The van der Waals surface area contributed by atoms with Crippen molar-refractivity contribution in [2.75, 3.05) is 77.5 Å². The van der Waals surface area contributed by atoms with Crippen molar-refractivity contribution in [3.8, 4) is 17.2 Å². The minimum atomic E-state index is -2.95. The van der Waals surface area contributed by atoms with Gasteiger partial charge in [-0.1, -0.05) is 72.8 Å². The number of nitrogens with zero attached hydrogens (tertiary/aromatic N) is 8. The zero-order valence-electron chi connectivity index (χ0n) is 51.7. The number of anilines is 10. The van der Waals surface area contributed by atoms with Gasteiger partial charge in [-0.2, -0.15) is 26.3 Å². The molecular weight excluding hydrogens is 1480 g/mol. The van der Waals surface area contributed by atoms with Crippen LogP contribution in [-0.4, -0.2) is 126 Å². The summed E-state index contributed by atoms with van der Waals surface area (Å²) in [4.78, 5) is 48.1. The summed E-state index contributed by atoms with van der Waals surface area (Å²) in [6, 6.07) is 47.1. The molecule has 6 aromatic carbocycles. The third-order valence-electron chi connectivity index (χ3n) is 14.0. The summed E-state index contributed by atoms with van der Waals surface area (Å²) in [5, 5.41) is 11.8. The van der Waals surface area contributed by atoms with Gasteiger partial charge in [0.2, 0.25) is 0 Å². The van der Waals surface area contributed by atoms with Gasteiger partial charge < -0.3 is 48.6 Å². The minimum absolute atomic E-state index is 0.00739. The Morgan fingerprint density at radius 3 is 1.29 bits per heavy atom. The number of nitrogens with one attached hydrogen (secondary N) is 1. The van der Waals surface area contributed by atoms with Crippen LogP contribution in [0.1, 0.15) is 46.5 Å². The normalized spacial score (nSPS) is 14.0. The van der Waals surface area contributed by atoms with E-state index in [2.05, 4.69) is 66.7 Å². The Morgan fingerprint density at radius 2 is 0.895 bits per heavy atom. The molecule has 10 rings (SSSR count). The summed E-state index contributed by atoms with van der Waals surface area (Å²) in [6.07, 6.45) is 6.97. The van der Waals surface area contributed by atoms with E-state index in [9.17, 15) is 35.9 Å². The Hall–Kier alpha value is -8.36. The molecule has 0 atom stereocenters. The molecule has 0 saturated carbocycles. The first kappa shape index (κ1) is 74.0. The number of rotatable bonds is 24. The van der Waals surface area contributed by atoms with Crippen molar-refractivity contribution in [2.45, 2.75) is 83.2 Å². The molecule has 0 unspecified atom stereocenters. The Bertz CT molecular complexity index is 3630. The van der Waals surface area contributed by atoms with Gasteiger partial charge in [0.05, 0.1) is 49.4 Å². The van der Waals surface area contributed by atoms with E-state index >= 15 is 8.78 Å². The van der Waals surface area contributed by atoms with Crippen molar-refractivity contribution in [3.05, 3.63) is 189 Å². The van der Waals surface area contributed by atoms with Crippen LogP contribution in [0.4, 0.5) is 92.5 Å². The summed E-state index contributed by atoms with van der Waals surface area (Å²) in [5.74, 6) is 0.463. The lowest BCUT2D eigenvalue weighted by Gasteiger charge is -2.37. The van der Waals surface area contributed by atoms with Crippen molar-refractivity contribution in [2.24, 2.45) is 0 Å². The van der Waals surface area contributed by atoms with Crippen LogP contribution < -0.4 is 39.1 Å². The second-order valence-corrected chi connectivity index (χ2v) is 22.2. The minimum Gasteiger partial charge on any atom is -0.480 e. The van der Waals surface area contributed by atoms with Crippen molar-refractivity contribution >= 4 is 107 Å². The number of piperidine rings is 2. The number of benzene rings is 6. The van der Waals surface area contributed by atoms with E-state index < -0.39 is 55.3 Å². The quantitative estimate of drug-likeness (QED) is 0.0330. The van der Waals surface area contributed by atoms with Crippen molar-refractivity contribution in [3.63, 3.8) is 0 Å². The van der Waals surface area contributed by atoms with Crippen LogP contribution in [-0.2, 0) is 23.8 Å². The third-order valence-corrected chi connectivity index (χ3v) is 14.0. The molecule has 0 amide bonds. The lowest BCUT2D eigenvalue weighted by molar-refractivity contribution is -0.161. The summed E-state index contributed by atoms with van der Waals surface area (Å²) in [7, 11) is 0. The highest BCUT2D eigenvalue weighted by atomic mass is 128. The van der Waals surface area contributed by atoms with Gasteiger partial charge in [-0.15, -0.1) is 0 Å². The number of aromatic nitrogens is 4. The molecule has 0 aliphatic carbocycles. The number of carbonyl (C=O) groups is 2. The van der Waals surface area contributed by atoms with E-state index in [1.54, 1.807) is 91.8 Å². The van der Waals surface area contributed by atoms with Gasteiger partial charge in [-0.05, 0) is 93.6 Å². The van der Waals surface area contributed by atoms with Crippen LogP contribution in [0.15, 0.2) is 189 Å². The molecule has 2 aromatic heterocycles. The number of para-hydroxylation sites is 3. The molecule has 2 N–H and O–H groups in total. The molecule has 2 aliphatic rings. The number of ether oxygens (including phenoxy) is 6. The van der Waals surface area contributed by atoms with Gasteiger partial charge in [0.1, 0.15) is 59.0 Å². The molecule has 95 heavy (non-hydrogen) atoms. The zero-order chi connectivity index (χ0) is 68.4. The number of carbonyl (C=O) groups excluding carboxylic acids is 1. The largest absolute Gasteiger partial charge is 0.480 e.